The number of nitrogens with one attached hydrogen (secondary N) is 2. The smallest absolute Gasteiger partial charge is 0.191 e. The van der Waals surface area contributed by atoms with Crippen molar-refractivity contribution in [1.82, 2.24) is 15.5 Å². The Bertz CT molecular complexity index is 514. The second kappa shape index (κ2) is 11.9. The largest absolute Gasteiger partial charge is 0.381 e. The van der Waals surface area contributed by atoms with Crippen LogP contribution in [0.2, 0.25) is 0 Å². The third kappa shape index (κ3) is 8.68. The molecule has 2 N–H and O–H groups in total. The fraction of sp³-hybridized carbons (Fsp3) is 0.667. The molecule has 146 valence electrons. The summed E-state index contributed by atoms with van der Waals surface area (Å²) in [6.45, 7) is 6.41. The van der Waals surface area contributed by atoms with Crippen LogP contribution in [0.15, 0.2) is 35.3 Å². The number of aliphatic imine (C=N–C) groups is 1. The number of ether oxygens (including phenoxy) is 1. The minimum absolute atomic E-state index is 0.384. The summed E-state index contributed by atoms with van der Waals surface area (Å²) in [5.41, 5.74) is 1.35. The number of likely N-dealkylation sites (N-methyl/N-ethyl adjacent to an activating group) is 1. The van der Waals surface area contributed by atoms with Gasteiger partial charge in [0.2, 0.25) is 0 Å². The van der Waals surface area contributed by atoms with E-state index in [1.165, 1.54) is 18.4 Å². The van der Waals surface area contributed by atoms with Gasteiger partial charge in [0.05, 0.1) is 6.54 Å². The van der Waals surface area contributed by atoms with Gasteiger partial charge < -0.3 is 20.3 Å². The van der Waals surface area contributed by atoms with Gasteiger partial charge in [0.15, 0.2) is 5.96 Å². The van der Waals surface area contributed by atoms with E-state index in [1.54, 1.807) is 0 Å². The zero-order chi connectivity index (χ0) is 18.6. The highest BCUT2D eigenvalue weighted by molar-refractivity contribution is 5.79. The molecule has 0 heterocycles. The summed E-state index contributed by atoms with van der Waals surface area (Å²) in [6, 6.07) is 11.0. The van der Waals surface area contributed by atoms with E-state index in [2.05, 4.69) is 66.9 Å². The Morgan fingerprint density at radius 2 is 2.00 bits per heavy atom. The lowest BCUT2D eigenvalue weighted by Gasteiger charge is -2.23. The Labute approximate surface area is 159 Å². The topological polar surface area (TPSA) is 48.9 Å². The second-order valence-corrected chi connectivity index (χ2v) is 7.33. The third-order valence-corrected chi connectivity index (χ3v) is 4.66. The fourth-order valence-electron chi connectivity index (χ4n) is 2.75. The molecule has 0 amide bonds. The molecule has 1 aromatic carbocycles. The van der Waals surface area contributed by atoms with E-state index >= 15 is 0 Å². The number of guanidine groups is 1. The van der Waals surface area contributed by atoms with Gasteiger partial charge in [0.25, 0.3) is 0 Å². The van der Waals surface area contributed by atoms with Crippen LogP contribution in [0.4, 0.5) is 0 Å². The van der Waals surface area contributed by atoms with Crippen LogP contribution in [0.25, 0.3) is 0 Å². The van der Waals surface area contributed by atoms with E-state index in [9.17, 15) is 0 Å². The molecular weight excluding hydrogens is 324 g/mol. The average molecular weight is 361 g/mol. The Morgan fingerprint density at radius 3 is 2.65 bits per heavy atom. The lowest BCUT2D eigenvalue weighted by atomic mass is 10.1. The van der Waals surface area contributed by atoms with Gasteiger partial charge in [-0.1, -0.05) is 30.3 Å². The molecule has 1 aliphatic carbocycles. The third-order valence-electron chi connectivity index (χ3n) is 4.66. The minimum atomic E-state index is 0.384. The lowest BCUT2D eigenvalue weighted by Crippen LogP contribution is -2.40. The molecule has 0 bridgehead atoms. The van der Waals surface area contributed by atoms with Crippen molar-refractivity contribution >= 4 is 5.96 Å². The molecule has 1 aliphatic rings. The molecule has 0 aliphatic heterocycles. The van der Waals surface area contributed by atoms with Gasteiger partial charge in [0, 0.05) is 32.3 Å². The maximum Gasteiger partial charge on any atom is 0.191 e. The molecule has 1 unspecified atom stereocenters. The van der Waals surface area contributed by atoms with E-state index < -0.39 is 0 Å². The van der Waals surface area contributed by atoms with Crippen molar-refractivity contribution in [3.63, 3.8) is 0 Å². The molecule has 5 heteroatoms. The van der Waals surface area contributed by atoms with Gasteiger partial charge in [-0.25, -0.2) is 0 Å². The minimum Gasteiger partial charge on any atom is -0.381 e. The van der Waals surface area contributed by atoms with Crippen LogP contribution in [0.3, 0.4) is 0 Å². The molecule has 0 radical (unpaired) electrons. The van der Waals surface area contributed by atoms with E-state index in [-0.39, 0.29) is 0 Å². The van der Waals surface area contributed by atoms with Crippen molar-refractivity contribution in [1.29, 1.82) is 0 Å². The van der Waals surface area contributed by atoms with E-state index in [0.717, 1.165) is 57.6 Å². The Hall–Kier alpha value is -1.59. The first-order chi connectivity index (χ1) is 12.7. The Kier molecular flexibility index (Phi) is 9.50. The summed E-state index contributed by atoms with van der Waals surface area (Å²) in [5.74, 6) is 1.74. The van der Waals surface area contributed by atoms with Crippen molar-refractivity contribution in [3.8, 4) is 0 Å². The molecule has 1 saturated carbocycles. The van der Waals surface area contributed by atoms with Crippen LogP contribution in [0, 0.1) is 5.92 Å². The van der Waals surface area contributed by atoms with Crippen LogP contribution < -0.4 is 10.6 Å². The number of rotatable bonds is 12. The molecule has 0 spiro atoms. The van der Waals surface area contributed by atoms with E-state index in [4.69, 9.17) is 9.73 Å². The van der Waals surface area contributed by atoms with Crippen molar-refractivity contribution < 1.29 is 4.74 Å². The van der Waals surface area contributed by atoms with Gasteiger partial charge in [-0.05, 0) is 58.2 Å². The molecule has 2 rings (SSSR count). The molecule has 0 saturated heterocycles. The monoisotopic (exact) mass is 360 g/mol. The molecule has 1 aromatic rings. The summed E-state index contributed by atoms with van der Waals surface area (Å²) in [7, 11) is 4.25. The summed E-state index contributed by atoms with van der Waals surface area (Å²) < 4.78 is 5.69. The first-order valence-corrected chi connectivity index (χ1v) is 9.99. The summed E-state index contributed by atoms with van der Waals surface area (Å²) >= 11 is 0. The van der Waals surface area contributed by atoms with Crippen LogP contribution in [0.1, 0.15) is 31.7 Å². The first kappa shape index (κ1) is 20.7. The zero-order valence-corrected chi connectivity index (χ0v) is 16.7. The predicted molar refractivity (Wildman–Crippen MR) is 110 cm³/mol. The molecule has 0 aromatic heterocycles. The van der Waals surface area contributed by atoms with Crippen molar-refractivity contribution in [3.05, 3.63) is 35.9 Å². The normalized spacial score (nSPS) is 15.9. The highest BCUT2D eigenvalue weighted by Crippen LogP contribution is 2.28. The number of benzene rings is 1. The summed E-state index contributed by atoms with van der Waals surface area (Å²) in [4.78, 5) is 7.05. The maximum absolute atomic E-state index is 5.69. The number of nitrogens with zero attached hydrogens (tertiary/aromatic N) is 2. The SMILES string of the molecule is CCNC(=NCC(Cc1ccccc1)N(C)C)NCCCOCC1CC1. The molecular formula is C21H36N4O. The van der Waals surface area contributed by atoms with Gasteiger partial charge in [0.1, 0.15) is 0 Å². The standard InChI is InChI=1S/C21H36N4O/c1-4-22-21(23-13-8-14-26-17-19-11-12-19)24-16-20(25(2)3)15-18-9-6-5-7-10-18/h5-7,9-10,19-20H,4,8,11-17H2,1-3H3,(H2,22,23,24). The van der Waals surface area contributed by atoms with Gasteiger partial charge in [-0.2, -0.15) is 0 Å². The van der Waals surface area contributed by atoms with Gasteiger partial charge >= 0.3 is 0 Å². The average Bonchev–Trinajstić information content (AvgIpc) is 3.46. The quantitative estimate of drug-likeness (QED) is 0.342. The molecule has 5 nitrogen and oxygen atoms in total. The van der Waals surface area contributed by atoms with Crippen molar-refractivity contribution in [2.45, 2.75) is 38.6 Å². The fourth-order valence-corrected chi connectivity index (χ4v) is 2.75. The van der Waals surface area contributed by atoms with Crippen molar-refractivity contribution in [2.24, 2.45) is 10.9 Å². The molecule has 26 heavy (non-hydrogen) atoms. The van der Waals surface area contributed by atoms with Crippen molar-refractivity contribution in [2.75, 3.05) is 46.9 Å². The summed E-state index contributed by atoms with van der Waals surface area (Å²) in [5, 5.41) is 6.76. The van der Waals surface area contributed by atoms with E-state index in [0.29, 0.717) is 6.04 Å². The van der Waals surface area contributed by atoms with Crippen LogP contribution in [-0.4, -0.2) is 63.8 Å². The Balaban J connectivity index is 1.74. The number of hydrogen-bond donors (Lipinski definition) is 2. The Morgan fingerprint density at radius 1 is 1.23 bits per heavy atom. The zero-order valence-electron chi connectivity index (χ0n) is 16.7. The van der Waals surface area contributed by atoms with E-state index in [1.807, 2.05) is 0 Å². The number of hydrogen-bond acceptors (Lipinski definition) is 3. The molecule has 1 fully saturated rings. The maximum atomic E-state index is 5.69. The lowest BCUT2D eigenvalue weighted by molar-refractivity contribution is 0.123. The van der Waals surface area contributed by atoms with Crippen LogP contribution in [-0.2, 0) is 11.2 Å². The first-order valence-electron chi connectivity index (χ1n) is 9.99. The van der Waals surface area contributed by atoms with Crippen LogP contribution in [0.5, 0.6) is 0 Å². The molecule has 1 atom stereocenters. The predicted octanol–water partition coefficient (Wildman–Crippen LogP) is 2.53. The van der Waals surface area contributed by atoms with Crippen LogP contribution >= 0.6 is 0 Å². The van der Waals surface area contributed by atoms with Gasteiger partial charge in [-0.15, -0.1) is 0 Å². The van der Waals surface area contributed by atoms with Gasteiger partial charge in [-0.3, -0.25) is 4.99 Å². The summed E-state index contributed by atoms with van der Waals surface area (Å²) in [6.07, 6.45) is 4.72. The highest BCUT2D eigenvalue weighted by atomic mass is 16.5. The second-order valence-electron chi connectivity index (χ2n) is 7.33. The highest BCUT2D eigenvalue weighted by Gasteiger charge is 2.20.